The lowest BCUT2D eigenvalue weighted by Gasteiger charge is -2.40. The number of ether oxygens (including phenoxy) is 1. The zero-order valence-electron chi connectivity index (χ0n) is 15.8. The Bertz CT molecular complexity index is 827. The van der Waals surface area contributed by atoms with E-state index < -0.39 is 59.7 Å². The molecule has 1 aliphatic carbocycles. The van der Waals surface area contributed by atoms with Gasteiger partial charge in [0.2, 0.25) is 5.91 Å². The second-order valence-electron chi connectivity index (χ2n) is 7.36. The summed E-state index contributed by atoms with van der Waals surface area (Å²) in [4.78, 5) is 26.0. The molecule has 0 N–H and O–H groups in total. The number of benzene rings is 1. The maximum Gasteiger partial charge on any atom is 0.417 e. The minimum absolute atomic E-state index is 0.0121. The van der Waals surface area contributed by atoms with Crippen LogP contribution in [0.15, 0.2) is 27.6 Å². The van der Waals surface area contributed by atoms with E-state index in [1.165, 1.54) is 12.1 Å². The van der Waals surface area contributed by atoms with Gasteiger partial charge in [-0.05, 0) is 38.0 Å². The first-order valence-corrected chi connectivity index (χ1v) is 10.9. The fourth-order valence-electron chi connectivity index (χ4n) is 3.78. The Hall–Kier alpha value is -1.36. The number of halogens is 6. The lowest BCUT2D eigenvalue weighted by Crippen LogP contribution is -2.60. The highest BCUT2D eigenvalue weighted by molar-refractivity contribution is 9.10. The predicted octanol–water partition coefficient (Wildman–Crippen LogP) is 5.00. The topological polar surface area (TPSA) is 46.6 Å². The normalized spacial score (nSPS) is 25.7. The number of alkyl halides is 5. The molecule has 1 aromatic rings. The molecule has 1 heterocycles. The van der Waals surface area contributed by atoms with Crippen LogP contribution in [0.25, 0.3) is 0 Å². The molecule has 30 heavy (non-hydrogen) atoms. The van der Waals surface area contributed by atoms with Gasteiger partial charge in [-0.2, -0.15) is 13.2 Å². The first-order chi connectivity index (χ1) is 13.9. The van der Waals surface area contributed by atoms with E-state index in [2.05, 4.69) is 15.9 Å². The van der Waals surface area contributed by atoms with E-state index in [1.807, 2.05) is 0 Å². The van der Waals surface area contributed by atoms with Gasteiger partial charge in [-0.1, -0.05) is 15.9 Å². The van der Waals surface area contributed by atoms with Crippen LogP contribution < -0.4 is 0 Å². The molecule has 1 saturated carbocycles. The third-order valence-electron chi connectivity index (χ3n) is 5.12. The summed E-state index contributed by atoms with van der Waals surface area (Å²) in [5.74, 6) is -5.90. The third-order valence-corrected chi connectivity index (χ3v) is 6.94. The summed E-state index contributed by atoms with van der Waals surface area (Å²) in [6, 6.07) is 3.80. The van der Waals surface area contributed by atoms with Gasteiger partial charge in [0.25, 0.3) is 5.92 Å². The van der Waals surface area contributed by atoms with Crippen LogP contribution in [0.2, 0.25) is 0 Å². The van der Waals surface area contributed by atoms with Gasteiger partial charge in [-0.15, -0.1) is 11.8 Å². The van der Waals surface area contributed by atoms with Crippen LogP contribution in [0.5, 0.6) is 0 Å². The Morgan fingerprint density at radius 1 is 1.23 bits per heavy atom. The summed E-state index contributed by atoms with van der Waals surface area (Å²) in [5, 5.41) is -0.461. The molecule has 0 unspecified atom stereocenters. The van der Waals surface area contributed by atoms with Crippen LogP contribution in [0.4, 0.5) is 22.0 Å². The summed E-state index contributed by atoms with van der Waals surface area (Å²) in [6.45, 7) is 0.269. The van der Waals surface area contributed by atoms with E-state index in [0.717, 1.165) is 22.7 Å². The summed E-state index contributed by atoms with van der Waals surface area (Å²) >= 11 is 3.98. The van der Waals surface area contributed by atoms with Gasteiger partial charge >= 0.3 is 12.1 Å². The number of nitrogens with zero attached hydrogens (tertiary/aromatic N) is 1. The second-order valence-corrected chi connectivity index (χ2v) is 9.62. The summed E-state index contributed by atoms with van der Waals surface area (Å²) in [7, 11) is 0. The molecule has 1 saturated heterocycles. The minimum Gasteiger partial charge on any atom is -0.466 e. The quantitative estimate of drug-likeness (QED) is 0.409. The Morgan fingerprint density at radius 2 is 1.87 bits per heavy atom. The van der Waals surface area contributed by atoms with Crippen LogP contribution >= 0.6 is 27.7 Å². The lowest BCUT2D eigenvalue weighted by atomic mass is 9.93. The van der Waals surface area contributed by atoms with E-state index in [9.17, 15) is 31.5 Å². The maximum atomic E-state index is 13.4. The average Bonchev–Trinajstić information content (AvgIpc) is 3.04. The first kappa shape index (κ1) is 23.3. The molecule has 3 rings (SSSR count). The van der Waals surface area contributed by atoms with Gasteiger partial charge < -0.3 is 9.64 Å². The monoisotopic (exact) mass is 515 g/mol. The largest absolute Gasteiger partial charge is 0.466 e. The van der Waals surface area contributed by atoms with Crippen molar-refractivity contribution < 1.29 is 36.3 Å². The second kappa shape index (κ2) is 8.64. The van der Waals surface area contributed by atoms with Gasteiger partial charge in [0.05, 0.1) is 37.1 Å². The fraction of sp³-hybridized carbons (Fsp3) is 0.579. The molecule has 0 radical (unpaired) electrons. The van der Waals surface area contributed by atoms with Crippen molar-refractivity contribution >= 4 is 39.6 Å². The van der Waals surface area contributed by atoms with Gasteiger partial charge in [0.1, 0.15) is 0 Å². The van der Waals surface area contributed by atoms with E-state index in [4.69, 9.17) is 4.74 Å². The number of hydrogen-bond acceptors (Lipinski definition) is 4. The van der Waals surface area contributed by atoms with Gasteiger partial charge in [-0.3, -0.25) is 9.59 Å². The molecule has 166 valence electrons. The van der Waals surface area contributed by atoms with Crippen molar-refractivity contribution in [3.05, 3.63) is 28.2 Å². The molecule has 0 aromatic heterocycles. The Kier molecular flexibility index (Phi) is 6.71. The number of rotatable bonds is 5. The van der Waals surface area contributed by atoms with Crippen molar-refractivity contribution in [3.63, 3.8) is 0 Å². The van der Waals surface area contributed by atoms with Crippen LogP contribution in [-0.4, -0.2) is 47.6 Å². The molecule has 1 aromatic carbocycles. The fourth-order valence-corrected chi connectivity index (χ4v) is 5.55. The highest BCUT2D eigenvalue weighted by atomic mass is 79.9. The summed E-state index contributed by atoms with van der Waals surface area (Å²) in [6.07, 6.45) is -4.32. The van der Waals surface area contributed by atoms with E-state index >= 15 is 0 Å². The smallest absolute Gasteiger partial charge is 0.417 e. The van der Waals surface area contributed by atoms with Gasteiger partial charge in [-0.25, -0.2) is 8.78 Å². The maximum absolute atomic E-state index is 13.4. The number of amides is 1. The molecule has 0 spiro atoms. The number of carbonyl (C=O) groups excluding carboxylic acids is 2. The molecule has 1 aliphatic heterocycles. The van der Waals surface area contributed by atoms with Crippen LogP contribution in [0, 0.1) is 11.8 Å². The number of thioether (sulfide) groups is 1. The van der Waals surface area contributed by atoms with Gasteiger partial charge in [0.15, 0.2) is 0 Å². The van der Waals surface area contributed by atoms with Crippen LogP contribution in [0.1, 0.15) is 25.3 Å². The average molecular weight is 516 g/mol. The lowest BCUT2D eigenvalue weighted by molar-refractivity contribution is -0.173. The molecule has 2 aliphatic rings. The van der Waals surface area contributed by atoms with Crippen molar-refractivity contribution in [3.8, 4) is 0 Å². The van der Waals surface area contributed by atoms with E-state index in [0.29, 0.717) is 0 Å². The number of hydrogen-bond donors (Lipinski definition) is 0. The Morgan fingerprint density at radius 3 is 2.43 bits per heavy atom. The number of esters is 1. The molecule has 2 fully saturated rings. The Labute approximate surface area is 182 Å². The summed E-state index contributed by atoms with van der Waals surface area (Å²) < 4.78 is 71.8. The van der Waals surface area contributed by atoms with Crippen molar-refractivity contribution in [2.75, 3.05) is 19.7 Å². The zero-order valence-corrected chi connectivity index (χ0v) is 18.3. The van der Waals surface area contributed by atoms with Crippen molar-refractivity contribution in [1.82, 2.24) is 4.90 Å². The molecule has 0 bridgehead atoms. The molecular weight excluding hydrogens is 497 g/mol. The van der Waals surface area contributed by atoms with Gasteiger partial charge in [0, 0.05) is 14.6 Å². The minimum atomic E-state index is -4.57. The van der Waals surface area contributed by atoms with E-state index in [1.54, 1.807) is 6.92 Å². The third kappa shape index (κ3) is 5.09. The standard InChI is InChI=1S/C19H19BrF5NO3S/c1-2-29-17(28)13-7-11(6-12(13)16(27)26-8-18(21,22)9-26)30-15-4-3-10(20)5-14(15)19(23,24)25/h3-5,11-13H,2,6-9H2,1H3/t11-,12+,13+/m0/s1. The zero-order chi connectivity index (χ0) is 22.3. The first-order valence-electron chi connectivity index (χ1n) is 9.28. The SMILES string of the molecule is CCOC(=O)[C@@H]1C[C@@H](Sc2ccc(Br)cc2C(F)(F)F)C[C@H]1C(=O)N1CC(F)(F)C1. The highest BCUT2D eigenvalue weighted by Crippen LogP contribution is 2.47. The molecular formula is C19H19BrF5NO3S. The van der Waals surface area contributed by atoms with E-state index in [-0.39, 0.29) is 28.8 Å². The highest BCUT2D eigenvalue weighted by Gasteiger charge is 2.52. The molecule has 3 atom stereocenters. The molecule has 4 nitrogen and oxygen atoms in total. The van der Waals surface area contributed by atoms with Crippen LogP contribution in [0.3, 0.4) is 0 Å². The summed E-state index contributed by atoms with van der Waals surface area (Å²) in [5.41, 5.74) is -0.813. The number of carbonyl (C=O) groups is 2. The number of likely N-dealkylation sites (tertiary alicyclic amines) is 1. The Balaban J connectivity index is 1.79. The van der Waals surface area contributed by atoms with Crippen molar-refractivity contribution in [1.29, 1.82) is 0 Å². The van der Waals surface area contributed by atoms with Crippen LogP contribution in [-0.2, 0) is 20.5 Å². The predicted molar refractivity (Wildman–Crippen MR) is 103 cm³/mol. The van der Waals surface area contributed by atoms with Crippen molar-refractivity contribution in [2.24, 2.45) is 11.8 Å². The molecule has 11 heteroatoms. The molecule has 1 amide bonds. The van der Waals surface area contributed by atoms with Crippen molar-refractivity contribution in [2.45, 2.75) is 42.0 Å².